The maximum atomic E-state index is 8.74. The first-order valence-corrected chi connectivity index (χ1v) is 7.47. The lowest BCUT2D eigenvalue weighted by Crippen LogP contribution is -2.29. The first-order chi connectivity index (χ1) is 8.72. The van der Waals surface area contributed by atoms with Gasteiger partial charge in [-0.15, -0.1) is 11.3 Å². The molecular weight excluding hydrogens is 242 g/mol. The fourth-order valence-corrected chi connectivity index (χ4v) is 2.95. The van der Waals surface area contributed by atoms with E-state index in [4.69, 9.17) is 5.11 Å². The Bertz CT molecular complexity index is 398. The van der Waals surface area contributed by atoms with Crippen LogP contribution in [0.5, 0.6) is 0 Å². The molecule has 0 spiro atoms. The molecule has 2 nitrogen and oxygen atoms in total. The molecule has 1 N–H and O–H groups in total. The molecule has 0 aliphatic rings. The standard InChI is InChI=1S/C15H23NOS/c1-4-14(5-2)16(3)12-15-13(9-11-18-15)8-6-7-10-17/h9,11,14,17H,4-5,7,10,12H2,1-3H3. The first-order valence-electron chi connectivity index (χ1n) is 6.59. The van der Waals surface area contributed by atoms with E-state index < -0.39 is 0 Å². The topological polar surface area (TPSA) is 23.5 Å². The summed E-state index contributed by atoms with van der Waals surface area (Å²) in [5, 5.41) is 10.8. The average Bonchev–Trinajstić information content (AvgIpc) is 2.79. The number of aliphatic hydroxyl groups excluding tert-OH is 1. The van der Waals surface area contributed by atoms with Gasteiger partial charge in [-0.1, -0.05) is 25.7 Å². The highest BCUT2D eigenvalue weighted by Gasteiger charge is 2.12. The summed E-state index contributed by atoms with van der Waals surface area (Å²) in [6.45, 7) is 5.58. The van der Waals surface area contributed by atoms with E-state index in [0.717, 1.165) is 12.1 Å². The number of hydrogen-bond donors (Lipinski definition) is 1. The van der Waals surface area contributed by atoms with Crippen molar-refractivity contribution in [3.63, 3.8) is 0 Å². The van der Waals surface area contributed by atoms with Crippen LogP contribution in [-0.2, 0) is 6.54 Å². The van der Waals surface area contributed by atoms with Gasteiger partial charge in [0.2, 0.25) is 0 Å². The van der Waals surface area contributed by atoms with E-state index in [2.05, 4.69) is 49.1 Å². The van der Waals surface area contributed by atoms with Crippen molar-refractivity contribution in [1.29, 1.82) is 0 Å². The van der Waals surface area contributed by atoms with Crippen molar-refractivity contribution < 1.29 is 5.11 Å². The summed E-state index contributed by atoms with van der Waals surface area (Å²) >= 11 is 1.77. The molecule has 3 heteroatoms. The zero-order valence-electron chi connectivity index (χ0n) is 11.6. The van der Waals surface area contributed by atoms with Gasteiger partial charge in [0, 0.05) is 29.4 Å². The first kappa shape index (κ1) is 15.2. The molecule has 0 radical (unpaired) electrons. The maximum Gasteiger partial charge on any atom is 0.0540 e. The van der Waals surface area contributed by atoms with Crippen LogP contribution < -0.4 is 0 Å². The van der Waals surface area contributed by atoms with Crippen LogP contribution in [0.4, 0.5) is 0 Å². The maximum absolute atomic E-state index is 8.74. The Morgan fingerprint density at radius 3 is 2.72 bits per heavy atom. The van der Waals surface area contributed by atoms with Gasteiger partial charge in [0.15, 0.2) is 0 Å². The number of nitrogens with zero attached hydrogens (tertiary/aromatic N) is 1. The van der Waals surface area contributed by atoms with Crippen LogP contribution in [0.3, 0.4) is 0 Å². The molecule has 0 fully saturated rings. The van der Waals surface area contributed by atoms with Crippen LogP contribution in [0.1, 0.15) is 43.6 Å². The van der Waals surface area contributed by atoms with Gasteiger partial charge < -0.3 is 5.11 Å². The second-order valence-electron chi connectivity index (χ2n) is 4.42. The molecule has 1 aromatic heterocycles. The number of aliphatic hydroxyl groups is 1. The lowest BCUT2D eigenvalue weighted by atomic mass is 10.1. The molecule has 0 saturated heterocycles. The summed E-state index contributed by atoms with van der Waals surface area (Å²) in [4.78, 5) is 3.73. The second kappa shape index (κ2) is 8.31. The fraction of sp³-hybridized carbons (Fsp3) is 0.600. The van der Waals surface area contributed by atoms with Crippen molar-refractivity contribution in [3.8, 4) is 11.8 Å². The number of rotatable bonds is 6. The summed E-state index contributed by atoms with van der Waals surface area (Å²) in [6.07, 6.45) is 2.92. The van der Waals surface area contributed by atoms with Crippen molar-refractivity contribution in [1.82, 2.24) is 4.90 Å². The summed E-state index contributed by atoms with van der Waals surface area (Å²) in [7, 11) is 2.18. The normalized spacial score (nSPS) is 10.8. The summed E-state index contributed by atoms with van der Waals surface area (Å²) < 4.78 is 0. The molecule has 0 saturated carbocycles. The molecule has 100 valence electrons. The molecule has 0 amide bonds. The van der Waals surface area contributed by atoms with E-state index in [0.29, 0.717) is 12.5 Å². The Morgan fingerprint density at radius 1 is 1.39 bits per heavy atom. The Kier molecular flexibility index (Phi) is 7.04. The van der Waals surface area contributed by atoms with Gasteiger partial charge in [-0.05, 0) is 31.3 Å². The van der Waals surface area contributed by atoms with Gasteiger partial charge in [-0.3, -0.25) is 4.90 Å². The minimum Gasteiger partial charge on any atom is -0.395 e. The van der Waals surface area contributed by atoms with E-state index in [-0.39, 0.29) is 6.61 Å². The largest absolute Gasteiger partial charge is 0.395 e. The van der Waals surface area contributed by atoms with Crippen LogP contribution in [0.15, 0.2) is 11.4 Å². The van der Waals surface area contributed by atoms with Crippen molar-refractivity contribution in [3.05, 3.63) is 21.9 Å². The van der Waals surface area contributed by atoms with Crippen molar-refractivity contribution in [2.24, 2.45) is 0 Å². The molecule has 1 aromatic rings. The zero-order chi connectivity index (χ0) is 13.4. The highest BCUT2D eigenvalue weighted by molar-refractivity contribution is 7.10. The van der Waals surface area contributed by atoms with Crippen LogP contribution >= 0.6 is 11.3 Å². The van der Waals surface area contributed by atoms with E-state index in [9.17, 15) is 0 Å². The summed E-state index contributed by atoms with van der Waals surface area (Å²) in [5.74, 6) is 6.14. The molecule has 0 aliphatic carbocycles. The van der Waals surface area contributed by atoms with E-state index in [1.165, 1.54) is 17.7 Å². The highest BCUT2D eigenvalue weighted by atomic mass is 32.1. The molecule has 0 aromatic carbocycles. The molecule has 0 aliphatic heterocycles. The number of thiophene rings is 1. The number of hydrogen-bond acceptors (Lipinski definition) is 3. The quantitative estimate of drug-likeness (QED) is 0.799. The van der Waals surface area contributed by atoms with Gasteiger partial charge >= 0.3 is 0 Å². The van der Waals surface area contributed by atoms with E-state index in [1.807, 2.05) is 0 Å². The molecule has 0 unspecified atom stereocenters. The molecular formula is C15H23NOS. The third-order valence-corrected chi connectivity index (χ3v) is 4.07. The molecule has 0 atom stereocenters. The van der Waals surface area contributed by atoms with Crippen LogP contribution in [0.2, 0.25) is 0 Å². The zero-order valence-corrected chi connectivity index (χ0v) is 12.4. The summed E-state index contributed by atoms with van der Waals surface area (Å²) in [6, 6.07) is 2.72. The molecule has 1 rings (SSSR count). The molecule has 18 heavy (non-hydrogen) atoms. The lowest BCUT2D eigenvalue weighted by Gasteiger charge is -2.25. The Labute approximate surface area is 115 Å². The monoisotopic (exact) mass is 265 g/mol. The second-order valence-corrected chi connectivity index (χ2v) is 5.42. The third-order valence-electron chi connectivity index (χ3n) is 3.16. The predicted molar refractivity (Wildman–Crippen MR) is 78.7 cm³/mol. The van der Waals surface area contributed by atoms with Gasteiger partial charge in [0.1, 0.15) is 0 Å². The van der Waals surface area contributed by atoms with E-state index in [1.54, 1.807) is 11.3 Å². The minimum atomic E-state index is 0.139. The lowest BCUT2D eigenvalue weighted by molar-refractivity contribution is 0.223. The fourth-order valence-electron chi connectivity index (χ4n) is 2.06. The van der Waals surface area contributed by atoms with Crippen molar-refractivity contribution in [2.75, 3.05) is 13.7 Å². The SMILES string of the molecule is CCC(CC)N(C)Cc1sccc1C#CCCO. The highest BCUT2D eigenvalue weighted by Crippen LogP contribution is 2.20. The smallest absolute Gasteiger partial charge is 0.0540 e. The average molecular weight is 265 g/mol. The van der Waals surface area contributed by atoms with Crippen molar-refractivity contribution >= 4 is 11.3 Å². The van der Waals surface area contributed by atoms with Crippen LogP contribution in [-0.4, -0.2) is 29.7 Å². The van der Waals surface area contributed by atoms with Gasteiger partial charge in [-0.25, -0.2) is 0 Å². The Hall–Kier alpha value is -0.820. The summed E-state index contributed by atoms with van der Waals surface area (Å²) in [5.41, 5.74) is 1.12. The van der Waals surface area contributed by atoms with E-state index >= 15 is 0 Å². The van der Waals surface area contributed by atoms with Crippen molar-refractivity contribution in [2.45, 2.75) is 45.7 Å². The Balaban J connectivity index is 2.68. The van der Waals surface area contributed by atoms with Gasteiger partial charge in [0.05, 0.1) is 6.61 Å². The Morgan fingerprint density at radius 2 is 2.11 bits per heavy atom. The predicted octanol–water partition coefficient (Wildman–Crippen LogP) is 3.10. The van der Waals surface area contributed by atoms with Crippen LogP contribution in [0, 0.1) is 11.8 Å². The third kappa shape index (κ3) is 4.45. The van der Waals surface area contributed by atoms with Crippen LogP contribution in [0.25, 0.3) is 0 Å². The minimum absolute atomic E-state index is 0.139. The molecule has 1 heterocycles. The van der Waals surface area contributed by atoms with Gasteiger partial charge in [0.25, 0.3) is 0 Å². The van der Waals surface area contributed by atoms with Gasteiger partial charge in [-0.2, -0.15) is 0 Å². The molecule has 0 bridgehead atoms.